The van der Waals surface area contributed by atoms with Gasteiger partial charge in [0, 0.05) is 5.92 Å². The third-order valence-corrected chi connectivity index (χ3v) is 4.52. The first-order chi connectivity index (χ1) is 8.18. The van der Waals surface area contributed by atoms with Crippen LogP contribution in [-0.4, -0.2) is 28.2 Å². The fourth-order valence-electron chi connectivity index (χ4n) is 2.06. The summed E-state index contributed by atoms with van der Waals surface area (Å²) in [7, 11) is 0. The quantitative estimate of drug-likeness (QED) is 0.865. The maximum absolute atomic E-state index is 11.0. The van der Waals surface area contributed by atoms with Crippen LogP contribution < -0.4 is 5.32 Å². The zero-order chi connectivity index (χ0) is 12.3. The molecule has 1 heterocycles. The molecule has 17 heavy (non-hydrogen) atoms. The Labute approximate surface area is 106 Å². The number of carboxylic acids is 1. The van der Waals surface area contributed by atoms with Crippen molar-refractivity contribution >= 4 is 17.7 Å². The van der Waals surface area contributed by atoms with Gasteiger partial charge in [0.25, 0.3) is 0 Å². The molecule has 3 nitrogen and oxygen atoms in total. The first-order valence-corrected chi connectivity index (χ1v) is 6.89. The molecule has 0 spiro atoms. The lowest BCUT2D eigenvalue weighted by Gasteiger charge is -2.32. The number of aliphatic carboxylic acids is 1. The number of thioether (sulfide) groups is 1. The summed E-state index contributed by atoms with van der Waals surface area (Å²) in [5.41, 5.74) is 1.25. The van der Waals surface area contributed by atoms with Crippen molar-refractivity contribution in [3.05, 3.63) is 35.9 Å². The van der Waals surface area contributed by atoms with Gasteiger partial charge in [0.1, 0.15) is 6.04 Å². The molecule has 0 saturated carbocycles. The third kappa shape index (κ3) is 3.01. The van der Waals surface area contributed by atoms with Gasteiger partial charge >= 0.3 is 5.97 Å². The molecule has 92 valence electrons. The molecule has 2 rings (SSSR count). The molecule has 0 amide bonds. The fraction of sp³-hybridized carbons (Fsp3) is 0.462. The second-order valence-electron chi connectivity index (χ2n) is 4.34. The lowest BCUT2D eigenvalue weighted by molar-refractivity contribution is -0.139. The highest BCUT2D eigenvalue weighted by Gasteiger charge is 2.29. The topological polar surface area (TPSA) is 49.3 Å². The van der Waals surface area contributed by atoms with Crippen molar-refractivity contribution in [1.82, 2.24) is 5.32 Å². The molecule has 1 fully saturated rings. The van der Waals surface area contributed by atoms with Gasteiger partial charge in [-0.25, -0.2) is 0 Å². The van der Waals surface area contributed by atoms with Gasteiger partial charge in [-0.3, -0.25) is 10.1 Å². The SMILES string of the molecule is CC(c1ccccc1)C1NC(C(=O)O)CCS1. The van der Waals surface area contributed by atoms with E-state index in [1.165, 1.54) is 5.56 Å². The molecule has 1 aromatic rings. The Morgan fingerprint density at radius 2 is 2.18 bits per heavy atom. The summed E-state index contributed by atoms with van der Waals surface area (Å²) >= 11 is 1.81. The minimum Gasteiger partial charge on any atom is -0.480 e. The highest BCUT2D eigenvalue weighted by molar-refractivity contribution is 7.99. The van der Waals surface area contributed by atoms with Crippen molar-refractivity contribution in [2.75, 3.05) is 5.75 Å². The molecule has 1 aliphatic heterocycles. The van der Waals surface area contributed by atoms with E-state index in [2.05, 4.69) is 24.4 Å². The summed E-state index contributed by atoms with van der Waals surface area (Å²) in [5, 5.41) is 12.4. The molecule has 1 aromatic carbocycles. The van der Waals surface area contributed by atoms with Gasteiger partial charge in [-0.15, -0.1) is 11.8 Å². The van der Waals surface area contributed by atoms with Crippen molar-refractivity contribution in [2.45, 2.75) is 30.7 Å². The van der Waals surface area contributed by atoms with Crippen LogP contribution in [0.2, 0.25) is 0 Å². The number of hydrogen-bond acceptors (Lipinski definition) is 3. The molecular weight excluding hydrogens is 234 g/mol. The van der Waals surface area contributed by atoms with Crippen molar-refractivity contribution in [3.8, 4) is 0 Å². The van der Waals surface area contributed by atoms with E-state index >= 15 is 0 Å². The number of rotatable bonds is 3. The van der Waals surface area contributed by atoms with E-state index in [1.807, 2.05) is 30.0 Å². The first kappa shape index (κ1) is 12.5. The Kier molecular flexibility index (Phi) is 4.07. The van der Waals surface area contributed by atoms with E-state index < -0.39 is 12.0 Å². The Morgan fingerprint density at radius 1 is 1.47 bits per heavy atom. The average molecular weight is 251 g/mol. The van der Waals surface area contributed by atoms with Gasteiger partial charge in [0.2, 0.25) is 0 Å². The number of carboxylic acid groups (broad SMARTS) is 1. The molecule has 1 aliphatic rings. The summed E-state index contributed by atoms with van der Waals surface area (Å²) in [6.07, 6.45) is 0.706. The van der Waals surface area contributed by atoms with E-state index in [0.717, 1.165) is 5.75 Å². The molecule has 0 aromatic heterocycles. The van der Waals surface area contributed by atoms with E-state index in [1.54, 1.807) is 0 Å². The van der Waals surface area contributed by atoms with E-state index in [4.69, 9.17) is 5.11 Å². The zero-order valence-electron chi connectivity index (χ0n) is 9.80. The van der Waals surface area contributed by atoms with Crippen molar-refractivity contribution < 1.29 is 9.90 Å². The van der Waals surface area contributed by atoms with Crippen molar-refractivity contribution in [1.29, 1.82) is 0 Å². The van der Waals surface area contributed by atoms with Gasteiger partial charge in [-0.1, -0.05) is 37.3 Å². The molecule has 0 aliphatic carbocycles. The zero-order valence-corrected chi connectivity index (χ0v) is 10.6. The summed E-state index contributed by atoms with van der Waals surface area (Å²) in [5.74, 6) is 0.491. The van der Waals surface area contributed by atoms with Crippen LogP contribution in [0.1, 0.15) is 24.8 Å². The molecule has 2 N–H and O–H groups in total. The fourth-order valence-corrected chi connectivity index (χ4v) is 3.39. The maximum atomic E-state index is 11.0. The van der Waals surface area contributed by atoms with Crippen LogP contribution in [0.4, 0.5) is 0 Å². The Morgan fingerprint density at radius 3 is 2.82 bits per heavy atom. The first-order valence-electron chi connectivity index (χ1n) is 5.84. The van der Waals surface area contributed by atoms with Crippen molar-refractivity contribution in [3.63, 3.8) is 0 Å². The standard InChI is InChI=1S/C13H17NO2S/c1-9(10-5-3-2-4-6-10)12-14-11(13(15)16)7-8-17-12/h2-6,9,11-12,14H,7-8H2,1H3,(H,15,16). The predicted octanol–water partition coefficient (Wildman–Crippen LogP) is 2.30. The maximum Gasteiger partial charge on any atom is 0.320 e. The highest BCUT2D eigenvalue weighted by atomic mass is 32.2. The van der Waals surface area contributed by atoms with Crippen LogP contribution in [0.3, 0.4) is 0 Å². The molecular formula is C13H17NO2S. The van der Waals surface area contributed by atoms with Gasteiger partial charge < -0.3 is 5.11 Å². The monoisotopic (exact) mass is 251 g/mol. The van der Waals surface area contributed by atoms with Gasteiger partial charge in [-0.05, 0) is 17.7 Å². The summed E-state index contributed by atoms with van der Waals surface area (Å²) in [6, 6.07) is 9.83. The second kappa shape index (κ2) is 5.56. The minimum absolute atomic E-state index is 0.187. The minimum atomic E-state index is -0.740. The van der Waals surface area contributed by atoms with Gasteiger partial charge in [-0.2, -0.15) is 0 Å². The lowest BCUT2D eigenvalue weighted by Crippen LogP contribution is -2.47. The average Bonchev–Trinajstić information content (AvgIpc) is 2.39. The Balaban J connectivity index is 2.05. The van der Waals surface area contributed by atoms with Crippen LogP contribution in [-0.2, 0) is 4.79 Å². The molecule has 3 atom stereocenters. The number of benzene rings is 1. The molecule has 4 heteroatoms. The summed E-state index contributed by atoms with van der Waals surface area (Å²) in [6.45, 7) is 2.14. The molecule has 0 radical (unpaired) electrons. The second-order valence-corrected chi connectivity index (χ2v) is 5.59. The molecule has 3 unspecified atom stereocenters. The predicted molar refractivity (Wildman–Crippen MR) is 70.3 cm³/mol. The van der Waals surface area contributed by atoms with Crippen molar-refractivity contribution in [2.24, 2.45) is 0 Å². The third-order valence-electron chi connectivity index (χ3n) is 3.15. The van der Waals surface area contributed by atoms with Gasteiger partial charge in [0.15, 0.2) is 0 Å². The van der Waals surface area contributed by atoms with E-state index in [-0.39, 0.29) is 5.37 Å². The van der Waals surface area contributed by atoms with E-state index in [0.29, 0.717) is 12.3 Å². The van der Waals surface area contributed by atoms with Crippen LogP contribution in [0.5, 0.6) is 0 Å². The number of carbonyl (C=O) groups is 1. The number of nitrogens with one attached hydrogen (secondary N) is 1. The van der Waals surface area contributed by atoms with Crippen LogP contribution >= 0.6 is 11.8 Å². The number of hydrogen-bond donors (Lipinski definition) is 2. The summed E-state index contributed by atoms with van der Waals surface area (Å²) in [4.78, 5) is 11.0. The summed E-state index contributed by atoms with van der Waals surface area (Å²) < 4.78 is 0. The Bertz CT molecular complexity index is 382. The largest absolute Gasteiger partial charge is 0.480 e. The molecule has 1 saturated heterocycles. The van der Waals surface area contributed by atoms with Gasteiger partial charge in [0.05, 0.1) is 5.37 Å². The lowest BCUT2D eigenvalue weighted by atomic mass is 10.0. The van der Waals surface area contributed by atoms with Crippen LogP contribution in [0.25, 0.3) is 0 Å². The molecule has 0 bridgehead atoms. The smallest absolute Gasteiger partial charge is 0.320 e. The normalized spacial score (nSPS) is 26.4. The van der Waals surface area contributed by atoms with E-state index in [9.17, 15) is 4.79 Å². The highest BCUT2D eigenvalue weighted by Crippen LogP contribution is 2.30. The van der Waals surface area contributed by atoms with Crippen LogP contribution in [0, 0.1) is 0 Å². The Hall–Kier alpha value is -1.00. The van der Waals surface area contributed by atoms with Crippen LogP contribution in [0.15, 0.2) is 30.3 Å².